The van der Waals surface area contributed by atoms with Crippen molar-refractivity contribution in [1.29, 1.82) is 0 Å². The standard InChI is InChI=1S/C24H25N3O3S2/c1-5-27-21-15-12-17-8-6-7-9-20(17)22(21)31-24(27)25-23(28)18-10-13-19(14-11-18)32(29,30)26(4)16(2)3/h6-16H,5H2,1-4H3. The highest BCUT2D eigenvalue weighted by Crippen LogP contribution is 2.27. The van der Waals surface area contributed by atoms with Gasteiger partial charge in [0.2, 0.25) is 10.0 Å². The van der Waals surface area contributed by atoms with Gasteiger partial charge in [-0.15, -0.1) is 0 Å². The molecule has 8 heteroatoms. The largest absolute Gasteiger partial charge is 0.317 e. The van der Waals surface area contributed by atoms with Gasteiger partial charge in [0, 0.05) is 30.6 Å². The molecule has 0 bridgehead atoms. The van der Waals surface area contributed by atoms with Gasteiger partial charge in [0.05, 0.1) is 15.1 Å². The van der Waals surface area contributed by atoms with Gasteiger partial charge in [-0.05, 0) is 56.5 Å². The van der Waals surface area contributed by atoms with Gasteiger partial charge in [0.1, 0.15) is 0 Å². The van der Waals surface area contributed by atoms with Gasteiger partial charge in [0.25, 0.3) is 5.91 Å². The van der Waals surface area contributed by atoms with Crippen LogP contribution >= 0.6 is 11.3 Å². The number of nitrogens with zero attached hydrogens (tertiary/aromatic N) is 3. The molecule has 0 aliphatic carbocycles. The molecule has 0 N–H and O–H groups in total. The number of fused-ring (bicyclic) bond motifs is 3. The van der Waals surface area contributed by atoms with Crippen molar-refractivity contribution in [2.75, 3.05) is 7.05 Å². The van der Waals surface area contributed by atoms with E-state index in [0.29, 0.717) is 16.9 Å². The van der Waals surface area contributed by atoms with Crippen LogP contribution in [0.2, 0.25) is 0 Å². The predicted octanol–water partition coefficient (Wildman–Crippen LogP) is 4.65. The molecule has 1 aromatic heterocycles. The van der Waals surface area contributed by atoms with Crippen molar-refractivity contribution < 1.29 is 13.2 Å². The predicted molar refractivity (Wildman–Crippen MR) is 129 cm³/mol. The first-order valence-electron chi connectivity index (χ1n) is 10.4. The number of amides is 1. The maximum absolute atomic E-state index is 12.9. The molecule has 4 rings (SSSR count). The Labute approximate surface area is 191 Å². The van der Waals surface area contributed by atoms with Gasteiger partial charge in [-0.25, -0.2) is 8.42 Å². The first-order valence-corrected chi connectivity index (χ1v) is 12.7. The third kappa shape index (κ3) is 3.90. The lowest BCUT2D eigenvalue weighted by Gasteiger charge is -2.20. The highest BCUT2D eigenvalue weighted by molar-refractivity contribution is 7.89. The van der Waals surface area contributed by atoms with E-state index in [0.717, 1.165) is 21.0 Å². The maximum atomic E-state index is 12.9. The van der Waals surface area contributed by atoms with Crippen molar-refractivity contribution in [2.45, 2.75) is 38.3 Å². The van der Waals surface area contributed by atoms with Gasteiger partial charge in [-0.2, -0.15) is 9.30 Å². The summed E-state index contributed by atoms with van der Waals surface area (Å²) in [6.45, 7) is 6.33. The Kier molecular flexibility index (Phi) is 6.03. The van der Waals surface area contributed by atoms with Crippen LogP contribution in [-0.4, -0.2) is 36.3 Å². The van der Waals surface area contributed by atoms with Crippen molar-refractivity contribution in [3.63, 3.8) is 0 Å². The molecule has 0 saturated carbocycles. The van der Waals surface area contributed by atoms with Crippen LogP contribution in [-0.2, 0) is 16.6 Å². The number of benzene rings is 3. The second kappa shape index (κ2) is 8.61. The van der Waals surface area contributed by atoms with Gasteiger partial charge < -0.3 is 4.57 Å². The first kappa shape index (κ1) is 22.4. The molecular formula is C24H25N3O3S2. The summed E-state index contributed by atoms with van der Waals surface area (Å²) in [6, 6.07) is 18.1. The average Bonchev–Trinajstić information content (AvgIpc) is 3.15. The number of thiazole rings is 1. The molecule has 0 atom stereocenters. The molecule has 0 saturated heterocycles. The SMILES string of the molecule is CCn1c(=NC(=O)c2ccc(S(=O)(=O)N(C)C(C)C)cc2)sc2c3ccccc3ccc21. The molecule has 0 aliphatic rings. The number of aryl methyl sites for hydroxylation is 1. The second-order valence-corrected chi connectivity index (χ2v) is 10.8. The van der Waals surface area contributed by atoms with Crippen LogP contribution in [0.1, 0.15) is 31.1 Å². The van der Waals surface area contributed by atoms with E-state index in [1.54, 1.807) is 7.05 Å². The Balaban J connectivity index is 1.75. The number of aromatic nitrogens is 1. The normalized spacial score (nSPS) is 13.0. The number of carbonyl (C=O) groups excluding carboxylic acids is 1. The Bertz CT molecular complexity index is 1480. The molecule has 0 radical (unpaired) electrons. The molecule has 3 aromatic carbocycles. The summed E-state index contributed by atoms with van der Waals surface area (Å²) in [5.74, 6) is -0.399. The summed E-state index contributed by atoms with van der Waals surface area (Å²) in [4.78, 5) is 18.1. The monoisotopic (exact) mass is 467 g/mol. The summed E-state index contributed by atoms with van der Waals surface area (Å²) in [7, 11) is -2.05. The Morgan fingerprint density at radius 3 is 2.41 bits per heavy atom. The summed E-state index contributed by atoms with van der Waals surface area (Å²) >= 11 is 1.49. The van der Waals surface area contributed by atoms with Crippen LogP contribution in [0.5, 0.6) is 0 Å². The fraction of sp³-hybridized carbons (Fsp3) is 0.250. The van der Waals surface area contributed by atoms with Crippen LogP contribution in [0, 0.1) is 0 Å². The molecular weight excluding hydrogens is 442 g/mol. The van der Waals surface area contributed by atoms with Crippen LogP contribution in [0.3, 0.4) is 0 Å². The quantitative estimate of drug-likeness (QED) is 0.429. The maximum Gasteiger partial charge on any atom is 0.279 e. The molecule has 4 aromatic rings. The minimum absolute atomic E-state index is 0.155. The second-order valence-electron chi connectivity index (χ2n) is 7.82. The summed E-state index contributed by atoms with van der Waals surface area (Å²) in [5, 5.41) is 2.28. The van der Waals surface area contributed by atoms with E-state index in [1.165, 1.54) is 39.9 Å². The summed E-state index contributed by atoms with van der Waals surface area (Å²) in [5.41, 5.74) is 1.39. The van der Waals surface area contributed by atoms with Gasteiger partial charge in [-0.1, -0.05) is 41.7 Å². The zero-order chi connectivity index (χ0) is 23.0. The van der Waals surface area contributed by atoms with E-state index in [-0.39, 0.29) is 10.9 Å². The third-order valence-corrected chi connectivity index (χ3v) is 8.77. The lowest BCUT2D eigenvalue weighted by molar-refractivity contribution is 0.0997. The topological polar surface area (TPSA) is 71.7 Å². The zero-order valence-corrected chi connectivity index (χ0v) is 20.1. The van der Waals surface area contributed by atoms with E-state index in [1.807, 2.05) is 37.5 Å². The lowest BCUT2D eigenvalue weighted by atomic mass is 10.1. The summed E-state index contributed by atoms with van der Waals surface area (Å²) < 4.78 is 29.7. The molecule has 0 unspecified atom stereocenters. The molecule has 0 spiro atoms. The van der Waals surface area contributed by atoms with Gasteiger partial charge in [-0.3, -0.25) is 4.79 Å². The lowest BCUT2D eigenvalue weighted by Crippen LogP contribution is -2.33. The molecule has 1 amide bonds. The van der Waals surface area contributed by atoms with Gasteiger partial charge >= 0.3 is 0 Å². The fourth-order valence-electron chi connectivity index (χ4n) is 3.55. The van der Waals surface area contributed by atoms with Gasteiger partial charge in [0.15, 0.2) is 4.80 Å². The van der Waals surface area contributed by atoms with Crippen molar-refractivity contribution >= 4 is 48.3 Å². The van der Waals surface area contributed by atoms with Crippen molar-refractivity contribution in [2.24, 2.45) is 4.99 Å². The Hall–Kier alpha value is -2.81. The Morgan fingerprint density at radius 1 is 1.06 bits per heavy atom. The highest BCUT2D eigenvalue weighted by Gasteiger charge is 2.23. The molecule has 0 aliphatic heterocycles. The van der Waals surface area contributed by atoms with Crippen LogP contribution in [0.25, 0.3) is 21.0 Å². The molecule has 6 nitrogen and oxygen atoms in total. The van der Waals surface area contributed by atoms with E-state index < -0.39 is 15.9 Å². The number of rotatable bonds is 5. The van der Waals surface area contributed by atoms with Crippen molar-refractivity contribution in [1.82, 2.24) is 8.87 Å². The minimum atomic E-state index is -3.60. The fourth-order valence-corrected chi connectivity index (χ4v) is 6.15. The smallest absolute Gasteiger partial charge is 0.279 e. The van der Waals surface area contributed by atoms with Crippen LogP contribution in [0.4, 0.5) is 0 Å². The third-order valence-electron chi connectivity index (χ3n) is 5.59. The highest BCUT2D eigenvalue weighted by atomic mass is 32.2. The van der Waals surface area contributed by atoms with E-state index in [4.69, 9.17) is 0 Å². The average molecular weight is 468 g/mol. The Morgan fingerprint density at radius 2 is 1.75 bits per heavy atom. The van der Waals surface area contributed by atoms with E-state index in [2.05, 4.69) is 29.3 Å². The van der Waals surface area contributed by atoms with Crippen LogP contribution in [0.15, 0.2) is 70.6 Å². The minimum Gasteiger partial charge on any atom is -0.317 e. The van der Waals surface area contributed by atoms with Crippen molar-refractivity contribution in [3.05, 3.63) is 71.0 Å². The molecule has 1 heterocycles. The molecule has 0 fully saturated rings. The molecule has 32 heavy (non-hydrogen) atoms. The van der Waals surface area contributed by atoms with Crippen molar-refractivity contribution in [3.8, 4) is 0 Å². The van der Waals surface area contributed by atoms with Crippen LogP contribution < -0.4 is 4.80 Å². The summed E-state index contributed by atoms with van der Waals surface area (Å²) in [6.07, 6.45) is 0. The number of hydrogen-bond donors (Lipinski definition) is 0. The van der Waals surface area contributed by atoms with E-state index in [9.17, 15) is 13.2 Å². The number of sulfonamides is 1. The number of hydrogen-bond acceptors (Lipinski definition) is 4. The zero-order valence-electron chi connectivity index (χ0n) is 18.4. The first-order chi connectivity index (χ1) is 15.2. The van der Waals surface area contributed by atoms with E-state index >= 15 is 0 Å². The molecule has 166 valence electrons. The number of carbonyl (C=O) groups is 1.